The molecule has 0 aromatic carbocycles. The highest BCUT2D eigenvalue weighted by Crippen LogP contribution is 2.00. The molecule has 1 aromatic heterocycles. The molecule has 0 spiro atoms. The summed E-state index contributed by atoms with van der Waals surface area (Å²) < 4.78 is 1.62. The van der Waals surface area contributed by atoms with Crippen molar-refractivity contribution in [3.63, 3.8) is 0 Å². The molecule has 6 nitrogen and oxygen atoms in total. The van der Waals surface area contributed by atoms with Crippen LogP contribution in [0.2, 0.25) is 0 Å². The van der Waals surface area contributed by atoms with Gasteiger partial charge in [0.15, 0.2) is 0 Å². The lowest BCUT2D eigenvalue weighted by molar-refractivity contribution is -0.141. The molecule has 0 saturated heterocycles. The molecule has 0 aliphatic rings. The summed E-state index contributed by atoms with van der Waals surface area (Å²) in [6, 6.07) is -0.832. The lowest BCUT2D eigenvalue weighted by Gasteiger charge is -2.11. The molecule has 0 bridgehead atoms. The summed E-state index contributed by atoms with van der Waals surface area (Å²) in [5, 5.41) is 15.3. The highest BCUT2D eigenvalue weighted by molar-refractivity contribution is 5.94. The number of nitrogens with one attached hydrogen (secondary N) is 1. The Morgan fingerprint density at radius 1 is 1.61 bits per heavy atom. The Balaban J connectivity index is 2.54. The number of nitrogens with zero attached hydrogens (tertiary/aromatic N) is 2. The summed E-state index contributed by atoms with van der Waals surface area (Å²) in [5.41, 5.74) is 0.787. The summed E-state index contributed by atoms with van der Waals surface area (Å²) >= 11 is 0. The van der Waals surface area contributed by atoms with Crippen LogP contribution in [0.25, 0.3) is 6.08 Å². The number of hydrogen-bond donors (Lipinski definition) is 2. The summed E-state index contributed by atoms with van der Waals surface area (Å²) in [4.78, 5) is 22.4. The molecule has 98 valence electrons. The van der Waals surface area contributed by atoms with Crippen molar-refractivity contribution >= 4 is 18.0 Å². The van der Waals surface area contributed by atoms with E-state index in [2.05, 4.69) is 10.4 Å². The van der Waals surface area contributed by atoms with E-state index in [1.807, 2.05) is 6.92 Å². The second-order valence-electron chi connectivity index (χ2n) is 3.97. The quantitative estimate of drug-likeness (QED) is 0.732. The van der Waals surface area contributed by atoms with Crippen molar-refractivity contribution in [2.75, 3.05) is 0 Å². The zero-order chi connectivity index (χ0) is 13.5. The van der Waals surface area contributed by atoms with Crippen molar-refractivity contribution in [2.24, 2.45) is 7.05 Å². The van der Waals surface area contributed by atoms with Crippen LogP contribution in [0.15, 0.2) is 18.5 Å². The van der Waals surface area contributed by atoms with Gasteiger partial charge in [-0.25, -0.2) is 4.79 Å². The molecule has 0 saturated carbocycles. The fourth-order valence-corrected chi connectivity index (χ4v) is 1.46. The number of carbonyl (C=O) groups excluding carboxylic acids is 1. The first kappa shape index (κ1) is 14.0. The lowest BCUT2D eigenvalue weighted by atomic mass is 10.1. The molecule has 6 heteroatoms. The molecule has 0 aliphatic heterocycles. The van der Waals surface area contributed by atoms with E-state index in [0.29, 0.717) is 12.8 Å². The fourth-order valence-electron chi connectivity index (χ4n) is 1.46. The minimum Gasteiger partial charge on any atom is -0.480 e. The van der Waals surface area contributed by atoms with Gasteiger partial charge in [-0.05, 0) is 12.5 Å². The molecule has 0 fully saturated rings. The van der Waals surface area contributed by atoms with Gasteiger partial charge in [-0.3, -0.25) is 9.48 Å². The number of aliphatic carboxylic acids is 1. The van der Waals surface area contributed by atoms with Crippen molar-refractivity contribution in [3.8, 4) is 0 Å². The monoisotopic (exact) mass is 251 g/mol. The van der Waals surface area contributed by atoms with E-state index in [0.717, 1.165) is 5.56 Å². The second-order valence-corrected chi connectivity index (χ2v) is 3.97. The topological polar surface area (TPSA) is 84.2 Å². The third-order valence-corrected chi connectivity index (χ3v) is 2.34. The maximum Gasteiger partial charge on any atom is 0.326 e. The van der Waals surface area contributed by atoms with E-state index >= 15 is 0 Å². The van der Waals surface area contributed by atoms with Crippen LogP contribution >= 0.6 is 0 Å². The molecule has 0 unspecified atom stereocenters. The standard InChI is InChI=1S/C12H17N3O3/c1-3-4-10(12(17)18)14-11(16)6-5-9-7-13-15(2)8-9/h5-8,10H,3-4H2,1-2H3,(H,14,16)(H,17,18)/b6-5+/t10-/m1/s1. The number of rotatable bonds is 6. The van der Waals surface area contributed by atoms with Gasteiger partial charge in [0.25, 0.3) is 0 Å². The Morgan fingerprint density at radius 2 is 2.33 bits per heavy atom. The van der Waals surface area contributed by atoms with Gasteiger partial charge in [0.2, 0.25) is 5.91 Å². The third kappa shape index (κ3) is 4.40. The normalized spacial score (nSPS) is 12.6. The summed E-state index contributed by atoms with van der Waals surface area (Å²) in [6.45, 7) is 1.87. The smallest absolute Gasteiger partial charge is 0.326 e. The van der Waals surface area contributed by atoms with Crippen LogP contribution in [0, 0.1) is 0 Å². The number of carboxylic acid groups (broad SMARTS) is 1. The van der Waals surface area contributed by atoms with Crippen molar-refractivity contribution in [1.29, 1.82) is 0 Å². The molecule has 0 radical (unpaired) electrons. The maximum atomic E-state index is 11.5. The van der Waals surface area contributed by atoms with E-state index in [-0.39, 0.29) is 0 Å². The molecule has 18 heavy (non-hydrogen) atoms. The van der Waals surface area contributed by atoms with Gasteiger partial charge in [-0.1, -0.05) is 13.3 Å². The highest BCUT2D eigenvalue weighted by atomic mass is 16.4. The zero-order valence-corrected chi connectivity index (χ0v) is 10.5. The lowest BCUT2D eigenvalue weighted by Crippen LogP contribution is -2.39. The Kier molecular flexibility index (Phi) is 5.10. The van der Waals surface area contributed by atoms with Gasteiger partial charge in [0, 0.05) is 24.9 Å². The first-order valence-corrected chi connectivity index (χ1v) is 5.73. The second kappa shape index (κ2) is 6.58. The van der Waals surface area contributed by atoms with E-state index in [1.165, 1.54) is 6.08 Å². The predicted octanol–water partition coefficient (Wildman–Crippen LogP) is 0.803. The third-order valence-electron chi connectivity index (χ3n) is 2.34. The zero-order valence-electron chi connectivity index (χ0n) is 10.5. The van der Waals surface area contributed by atoms with Crippen LogP contribution in [0.5, 0.6) is 0 Å². The van der Waals surface area contributed by atoms with Crippen LogP contribution in [-0.2, 0) is 16.6 Å². The fraction of sp³-hybridized carbons (Fsp3) is 0.417. The van der Waals surface area contributed by atoms with Crippen LogP contribution < -0.4 is 5.32 Å². The SMILES string of the molecule is CCC[C@@H](NC(=O)/C=C/c1cnn(C)c1)C(=O)O. The first-order valence-electron chi connectivity index (χ1n) is 5.73. The molecule has 2 N–H and O–H groups in total. The van der Waals surface area contributed by atoms with Crippen molar-refractivity contribution in [1.82, 2.24) is 15.1 Å². The number of hydrogen-bond acceptors (Lipinski definition) is 3. The Hall–Kier alpha value is -2.11. The van der Waals surface area contributed by atoms with Crippen molar-refractivity contribution < 1.29 is 14.7 Å². The van der Waals surface area contributed by atoms with Crippen LogP contribution in [0.1, 0.15) is 25.3 Å². The summed E-state index contributed by atoms with van der Waals surface area (Å²) in [5.74, 6) is -1.43. The van der Waals surface area contributed by atoms with Gasteiger partial charge < -0.3 is 10.4 Å². The number of aryl methyl sites for hydroxylation is 1. The van der Waals surface area contributed by atoms with Gasteiger partial charge in [0.05, 0.1) is 6.20 Å². The average molecular weight is 251 g/mol. The number of amides is 1. The van der Waals surface area contributed by atoms with Crippen molar-refractivity contribution in [3.05, 3.63) is 24.0 Å². The molecule has 1 atom stereocenters. The Morgan fingerprint density at radius 3 is 2.83 bits per heavy atom. The van der Waals surface area contributed by atoms with Gasteiger partial charge >= 0.3 is 5.97 Å². The maximum absolute atomic E-state index is 11.5. The minimum absolute atomic E-state index is 0.417. The number of carboxylic acids is 1. The van der Waals surface area contributed by atoms with Crippen molar-refractivity contribution in [2.45, 2.75) is 25.8 Å². The van der Waals surface area contributed by atoms with E-state index in [1.54, 1.807) is 30.2 Å². The van der Waals surface area contributed by atoms with E-state index < -0.39 is 17.9 Å². The van der Waals surface area contributed by atoms with Gasteiger partial charge in [0.1, 0.15) is 6.04 Å². The number of carbonyl (C=O) groups is 2. The van der Waals surface area contributed by atoms with Crippen LogP contribution in [-0.4, -0.2) is 32.8 Å². The molecule has 0 aliphatic carbocycles. The molecule has 1 aromatic rings. The first-order chi connectivity index (χ1) is 8.52. The Bertz CT molecular complexity index is 451. The largest absolute Gasteiger partial charge is 0.480 e. The number of aromatic nitrogens is 2. The van der Waals surface area contributed by atoms with E-state index in [9.17, 15) is 9.59 Å². The van der Waals surface area contributed by atoms with Crippen LogP contribution in [0.3, 0.4) is 0 Å². The molecular weight excluding hydrogens is 234 g/mol. The molecule has 1 amide bonds. The molecule has 1 heterocycles. The Labute approximate surface area is 105 Å². The molecule has 1 rings (SSSR count). The predicted molar refractivity (Wildman–Crippen MR) is 66.7 cm³/mol. The average Bonchev–Trinajstić information content (AvgIpc) is 2.72. The van der Waals surface area contributed by atoms with Crippen LogP contribution in [0.4, 0.5) is 0 Å². The summed E-state index contributed by atoms with van der Waals surface area (Å²) in [6.07, 6.45) is 7.39. The van der Waals surface area contributed by atoms with E-state index in [4.69, 9.17) is 5.11 Å². The summed E-state index contributed by atoms with van der Waals surface area (Å²) in [7, 11) is 1.78. The highest BCUT2D eigenvalue weighted by Gasteiger charge is 2.17. The molecular formula is C12H17N3O3. The van der Waals surface area contributed by atoms with Gasteiger partial charge in [-0.2, -0.15) is 5.10 Å². The van der Waals surface area contributed by atoms with Gasteiger partial charge in [-0.15, -0.1) is 0 Å². The minimum atomic E-state index is -1.01.